The molecular weight excluding hydrogens is 865 g/mol. The molecule has 3 aliphatic heterocycles. The molecular formula is C48H80O18. The molecule has 380 valence electrons. The van der Waals surface area contributed by atoms with Crippen LogP contribution in [0.15, 0.2) is 23.3 Å². The van der Waals surface area contributed by atoms with Gasteiger partial charge in [0.05, 0.1) is 38.6 Å². The highest BCUT2D eigenvalue weighted by Crippen LogP contribution is 2.75. The highest BCUT2D eigenvalue weighted by molar-refractivity contribution is 5.32. The Morgan fingerprint density at radius 2 is 1.24 bits per heavy atom. The quantitative estimate of drug-likeness (QED) is 0.100. The standard InChI is InChI=1S/C48H80O18/c1-22(20-61-42-40(59)38(57)35(54)29(65-42)21-62-43-39(58)36(55)33(52)27(18-49)63-43)9-8-10-23(2)24-15-16-46(5)30-13-11-25-26(48(30,7)31(51)17-47(24,46)6)12-14-32(45(25,3)4)66-44-41(60)37(56)34(53)28(19-50)64-44/h9,11,23-24,26-44,49-60H,8,10,12-21H2,1-7H3/b22-9+/t23-,24-,26-,27-,28-,29+,30+,31-,32+,33-,34-,35-,36+,37+,38+,39-,40-,41-,42-,43-,44-,46+,47-,48+/m1/s1. The molecule has 0 radical (unpaired) electrons. The van der Waals surface area contributed by atoms with E-state index in [0.29, 0.717) is 24.7 Å². The summed E-state index contributed by atoms with van der Waals surface area (Å²) in [7, 11) is 0. The lowest BCUT2D eigenvalue weighted by atomic mass is 9.38. The van der Waals surface area contributed by atoms with Gasteiger partial charge < -0.3 is 89.7 Å². The summed E-state index contributed by atoms with van der Waals surface area (Å²) in [5.74, 6) is 1.11. The van der Waals surface area contributed by atoms with Crippen molar-refractivity contribution in [3.63, 3.8) is 0 Å². The molecule has 0 unspecified atom stereocenters. The Bertz CT molecular complexity index is 1710. The van der Waals surface area contributed by atoms with Gasteiger partial charge in [0.15, 0.2) is 18.9 Å². The van der Waals surface area contributed by atoms with Gasteiger partial charge in [-0.3, -0.25) is 0 Å². The summed E-state index contributed by atoms with van der Waals surface area (Å²) in [5, 5.41) is 126. The van der Waals surface area contributed by atoms with E-state index in [0.717, 1.165) is 44.1 Å². The van der Waals surface area contributed by atoms with E-state index in [-0.39, 0.29) is 40.8 Å². The van der Waals surface area contributed by atoms with Gasteiger partial charge in [-0.05, 0) is 92.8 Å². The third-order valence-corrected chi connectivity index (χ3v) is 18.3. The second-order valence-electron chi connectivity index (χ2n) is 22.1. The maximum atomic E-state index is 12.5. The molecule has 3 saturated heterocycles. The summed E-state index contributed by atoms with van der Waals surface area (Å²) in [6.07, 6.45) is -11.3. The lowest BCUT2D eigenvalue weighted by molar-refractivity contribution is -0.330. The van der Waals surface area contributed by atoms with Crippen LogP contribution in [-0.4, -0.2) is 192 Å². The van der Waals surface area contributed by atoms with Crippen LogP contribution in [0.3, 0.4) is 0 Å². The van der Waals surface area contributed by atoms with E-state index >= 15 is 0 Å². The van der Waals surface area contributed by atoms with E-state index < -0.39 is 123 Å². The second-order valence-corrected chi connectivity index (χ2v) is 22.1. The zero-order valence-electron chi connectivity index (χ0n) is 39.6. The molecule has 0 spiro atoms. The topological polar surface area (TPSA) is 298 Å². The van der Waals surface area contributed by atoms with Crippen LogP contribution in [-0.2, 0) is 28.4 Å². The van der Waals surface area contributed by atoms with Crippen molar-refractivity contribution in [2.75, 3.05) is 26.4 Å². The minimum Gasteiger partial charge on any atom is -0.394 e. The zero-order chi connectivity index (χ0) is 48.4. The average molecular weight is 945 g/mol. The number of fused-ring (bicyclic) bond motifs is 5. The molecule has 18 nitrogen and oxygen atoms in total. The Labute approximate surface area is 388 Å². The maximum absolute atomic E-state index is 12.5. The Morgan fingerprint density at radius 1 is 0.697 bits per heavy atom. The first-order valence-electron chi connectivity index (χ1n) is 24.2. The molecule has 66 heavy (non-hydrogen) atoms. The third-order valence-electron chi connectivity index (χ3n) is 18.3. The Morgan fingerprint density at radius 3 is 1.85 bits per heavy atom. The fourth-order valence-electron chi connectivity index (χ4n) is 13.9. The molecule has 7 rings (SSSR count). The first-order chi connectivity index (χ1) is 31.0. The van der Waals surface area contributed by atoms with Gasteiger partial charge >= 0.3 is 0 Å². The fourth-order valence-corrected chi connectivity index (χ4v) is 13.9. The number of allylic oxidation sites excluding steroid dienone is 2. The molecule has 0 amide bonds. The van der Waals surface area contributed by atoms with E-state index in [1.165, 1.54) is 5.57 Å². The monoisotopic (exact) mass is 945 g/mol. The van der Waals surface area contributed by atoms with Gasteiger partial charge in [-0.15, -0.1) is 0 Å². The molecule has 3 saturated carbocycles. The van der Waals surface area contributed by atoms with Gasteiger partial charge in [-0.2, -0.15) is 0 Å². The van der Waals surface area contributed by atoms with Gasteiger partial charge in [-0.1, -0.05) is 64.8 Å². The lowest BCUT2D eigenvalue weighted by Gasteiger charge is -2.67. The van der Waals surface area contributed by atoms with E-state index in [1.54, 1.807) is 0 Å². The van der Waals surface area contributed by atoms with Crippen molar-refractivity contribution >= 4 is 0 Å². The summed E-state index contributed by atoms with van der Waals surface area (Å²) in [6.45, 7) is 14.1. The zero-order valence-corrected chi connectivity index (χ0v) is 39.6. The molecule has 0 aromatic rings. The minimum atomic E-state index is -1.67. The maximum Gasteiger partial charge on any atom is 0.187 e. The van der Waals surface area contributed by atoms with E-state index in [4.69, 9.17) is 28.4 Å². The molecule has 3 heterocycles. The summed E-state index contributed by atoms with van der Waals surface area (Å²) in [5.41, 5.74) is 1.13. The van der Waals surface area contributed by atoms with Crippen molar-refractivity contribution in [3.05, 3.63) is 23.3 Å². The largest absolute Gasteiger partial charge is 0.394 e. The SMILES string of the molecule is C/C(=C\CC[C@@H](C)[C@H]1CC[C@@]2(C)[C@@H]3CC=C4[C@@H](CC[C@H](O[C@H]5O[C@H](CO)[C@@H](O)[C@H](O)[C@H]5O)C4(C)C)[C@]3(C)[C@H](O)C[C@]12C)CO[C@@H]1O[C@@H](CO[C@@H]2O[C@H](CO)[C@@H](O)[C@H](O)[C@H]2O)[C@@H](O)[C@H](O)[C@H]1O. The number of aliphatic hydroxyl groups excluding tert-OH is 12. The molecule has 0 aromatic heterocycles. The second kappa shape index (κ2) is 20.1. The molecule has 6 fully saturated rings. The summed E-state index contributed by atoms with van der Waals surface area (Å²) in [4.78, 5) is 0. The summed E-state index contributed by atoms with van der Waals surface area (Å²) < 4.78 is 34.7. The first-order valence-corrected chi connectivity index (χ1v) is 24.2. The van der Waals surface area contributed by atoms with Crippen LogP contribution in [0.1, 0.15) is 99.8 Å². The molecule has 0 bridgehead atoms. The van der Waals surface area contributed by atoms with Gasteiger partial charge in [-0.25, -0.2) is 0 Å². The van der Waals surface area contributed by atoms with Crippen LogP contribution in [0.25, 0.3) is 0 Å². The Balaban J connectivity index is 0.944. The Kier molecular flexibility index (Phi) is 16.0. The molecule has 12 N–H and O–H groups in total. The van der Waals surface area contributed by atoms with Crippen LogP contribution < -0.4 is 0 Å². The van der Waals surface area contributed by atoms with Crippen molar-refractivity contribution < 1.29 is 89.7 Å². The smallest absolute Gasteiger partial charge is 0.187 e. The number of ether oxygens (including phenoxy) is 6. The molecule has 7 aliphatic rings. The van der Waals surface area contributed by atoms with Crippen LogP contribution in [0.5, 0.6) is 0 Å². The predicted octanol–water partition coefficient (Wildman–Crippen LogP) is -0.249. The first kappa shape index (κ1) is 52.6. The molecule has 4 aliphatic carbocycles. The van der Waals surface area contributed by atoms with E-state index in [1.807, 2.05) is 6.92 Å². The van der Waals surface area contributed by atoms with Crippen molar-refractivity contribution in [1.82, 2.24) is 0 Å². The fraction of sp³-hybridized carbons (Fsp3) is 0.917. The number of hydrogen-bond acceptors (Lipinski definition) is 18. The van der Waals surface area contributed by atoms with Crippen molar-refractivity contribution in [3.8, 4) is 0 Å². The molecule has 18 heteroatoms. The highest BCUT2D eigenvalue weighted by atomic mass is 16.7. The van der Waals surface area contributed by atoms with Crippen LogP contribution >= 0.6 is 0 Å². The van der Waals surface area contributed by atoms with E-state index in [9.17, 15) is 61.3 Å². The Hall–Kier alpha value is -1.24. The van der Waals surface area contributed by atoms with Gasteiger partial charge in [0.2, 0.25) is 0 Å². The number of aliphatic hydroxyl groups is 12. The van der Waals surface area contributed by atoms with Gasteiger partial charge in [0.25, 0.3) is 0 Å². The number of hydrogen-bond donors (Lipinski definition) is 12. The van der Waals surface area contributed by atoms with Crippen LogP contribution in [0.4, 0.5) is 0 Å². The summed E-state index contributed by atoms with van der Waals surface area (Å²) in [6, 6.07) is 0. The predicted molar refractivity (Wildman–Crippen MR) is 234 cm³/mol. The average Bonchev–Trinajstić information content (AvgIpc) is 3.55. The normalized spacial score (nSPS) is 51.1. The van der Waals surface area contributed by atoms with Crippen molar-refractivity contribution in [2.24, 2.45) is 45.3 Å². The molecule has 0 aromatic carbocycles. The summed E-state index contributed by atoms with van der Waals surface area (Å²) >= 11 is 0. The third kappa shape index (κ3) is 9.04. The number of rotatable bonds is 14. The van der Waals surface area contributed by atoms with Gasteiger partial charge in [0.1, 0.15) is 73.2 Å². The van der Waals surface area contributed by atoms with Gasteiger partial charge in [0, 0.05) is 10.8 Å². The van der Waals surface area contributed by atoms with Crippen molar-refractivity contribution in [1.29, 1.82) is 0 Å². The molecule has 24 atom stereocenters. The highest BCUT2D eigenvalue weighted by Gasteiger charge is 2.70. The van der Waals surface area contributed by atoms with Crippen LogP contribution in [0.2, 0.25) is 0 Å². The van der Waals surface area contributed by atoms with Crippen molar-refractivity contribution in [2.45, 2.75) is 204 Å². The van der Waals surface area contributed by atoms with E-state index in [2.05, 4.69) is 53.7 Å². The lowest BCUT2D eigenvalue weighted by Crippen LogP contribution is -2.65. The minimum absolute atomic E-state index is 0.0218. The van der Waals surface area contributed by atoms with Crippen LogP contribution in [0, 0.1) is 45.3 Å².